The molecule has 11 rings (SSSR count). The maximum absolute atomic E-state index is 15.3. The zero-order valence-corrected chi connectivity index (χ0v) is 43.1. The van der Waals surface area contributed by atoms with Crippen LogP contribution in [-0.2, 0) is 30.1 Å². The fraction of sp³-hybridized carbons (Fsp3) is 0.161. The summed E-state index contributed by atoms with van der Waals surface area (Å²) in [5.74, 6) is -38.0. The van der Waals surface area contributed by atoms with Gasteiger partial charge in [-0.25, -0.2) is 24.0 Å². The predicted molar refractivity (Wildman–Crippen MR) is 277 cm³/mol. The normalized spacial score (nSPS) is 20.4. The molecule has 7 aromatic carbocycles. The van der Waals surface area contributed by atoms with Gasteiger partial charge in [0.25, 0.3) is 0 Å². The summed E-state index contributed by atoms with van der Waals surface area (Å²) in [4.78, 5) is 74.7. The Bertz CT molecular complexity index is 4220. The van der Waals surface area contributed by atoms with E-state index in [1.54, 1.807) is 0 Å². The number of phenols is 19. The smallest absolute Gasteiger partial charge is 0.339 e. The lowest BCUT2D eigenvalue weighted by Gasteiger charge is -2.43. The Morgan fingerprint density at radius 3 is 1.46 bits per heavy atom. The minimum absolute atomic E-state index is 0.140. The highest BCUT2D eigenvalue weighted by Crippen LogP contribution is 2.62. The molecule has 0 saturated carbocycles. The predicted octanol–water partition coefficient (Wildman–Crippen LogP) is 3.30. The summed E-state index contributed by atoms with van der Waals surface area (Å²) >= 11 is 0. The van der Waals surface area contributed by atoms with Crippen molar-refractivity contribution in [2.75, 3.05) is 6.61 Å². The second kappa shape index (κ2) is 20.0. The number of carbonyl (C=O) groups excluding carboxylic acids is 5. The number of phenolic OH excluding ortho intramolecular Hbond substituents is 19. The number of hydrogen-bond acceptors (Lipinski definition) is 31. The third-order valence-electron chi connectivity index (χ3n) is 14.9. The number of rotatable bonds is 5. The summed E-state index contributed by atoms with van der Waals surface area (Å²) in [7, 11) is 0. The Hall–Kier alpha value is -12.2. The van der Waals surface area contributed by atoms with Crippen LogP contribution in [0.5, 0.6) is 115 Å². The molecule has 87 heavy (non-hydrogen) atoms. The summed E-state index contributed by atoms with van der Waals surface area (Å²) in [6.45, 7) is -1.63. The van der Waals surface area contributed by atoms with Gasteiger partial charge in [-0.1, -0.05) is 6.07 Å². The molecule has 31 heteroatoms. The third kappa shape index (κ3) is 8.66. The largest absolute Gasteiger partial charge is 0.507 e. The summed E-state index contributed by atoms with van der Waals surface area (Å²) in [6, 6.07) is 5.59. The van der Waals surface area contributed by atoms with E-state index in [-0.39, 0.29) is 5.56 Å². The number of carbonyl (C=O) groups is 5. The number of aliphatic hydroxyl groups is 1. The lowest BCUT2D eigenvalue weighted by molar-refractivity contribution is -0.135. The van der Waals surface area contributed by atoms with Gasteiger partial charge >= 0.3 is 29.8 Å². The van der Waals surface area contributed by atoms with Crippen LogP contribution >= 0.6 is 0 Å². The Labute approximate surface area is 480 Å². The van der Waals surface area contributed by atoms with Crippen LogP contribution in [0.4, 0.5) is 0 Å². The fourth-order valence-electron chi connectivity index (χ4n) is 10.9. The highest BCUT2D eigenvalue weighted by atomic mass is 16.6. The van der Waals surface area contributed by atoms with Crippen LogP contribution in [-0.4, -0.2) is 169 Å². The number of aliphatic hydroxyl groups excluding tert-OH is 1. The van der Waals surface area contributed by atoms with Crippen LogP contribution < -0.4 is 4.74 Å². The second-order valence-electron chi connectivity index (χ2n) is 19.9. The van der Waals surface area contributed by atoms with Crippen molar-refractivity contribution in [3.8, 4) is 137 Å². The van der Waals surface area contributed by atoms with E-state index in [2.05, 4.69) is 0 Å². The molecule has 0 unspecified atom stereocenters. The molecule has 20 N–H and O–H groups in total. The first kappa shape index (κ1) is 56.7. The molecule has 2 bridgehead atoms. The van der Waals surface area contributed by atoms with Gasteiger partial charge in [-0.05, 0) is 48.0 Å². The number of esters is 5. The maximum Gasteiger partial charge on any atom is 0.339 e. The van der Waals surface area contributed by atoms with Gasteiger partial charge < -0.3 is 131 Å². The molecular weight excluding hydrogens is 1170 g/mol. The van der Waals surface area contributed by atoms with E-state index in [0.29, 0.717) is 36.4 Å². The van der Waals surface area contributed by atoms with Crippen LogP contribution in [0.3, 0.4) is 0 Å². The second-order valence-corrected chi connectivity index (χ2v) is 19.9. The van der Waals surface area contributed by atoms with Crippen LogP contribution in [0.15, 0.2) is 54.6 Å². The molecule has 0 fully saturated rings. The first-order chi connectivity index (χ1) is 41.0. The number of benzene rings is 7. The van der Waals surface area contributed by atoms with Gasteiger partial charge in [-0.15, -0.1) is 0 Å². The standard InChI is InChI=1S/C56H40O31/c57-18-2-1-12(3-20(18)59)47-27(66)6-14-19(58)10-21(60)32(48(14)84-47)35-34-36-33(44(74)46(76)45(34)75)31-17(9-26(65)40(70)43(31)73)55(80)87-51(50(35)86-56(36)81)49-28(83-52(77)13-4-22(61)37(67)23(62)5-13)11-82-53(78)15-7-24(63)38(68)41(71)29(15)30-16(54(79)85-49)8-25(64)39(69)42(30)72/h1-5,7-10,27-28,35,47,49-51,57-76H,6,11H2/t27-,28+,35-,47+,49+,50-,51-/m0/s1. The monoisotopic (exact) mass is 1210 g/mol. The SMILES string of the molecule is O=C(O[C@@H]1COC(=O)c2cc(O)c(O)c(O)c2-c2c(cc(O)c(O)c2O)C(=O)O[C@H]1[C@@H]1OC(=O)c2cc(O)c(O)c(O)c2-c2c(O)c(O)c(O)c3c2C(=O)O[C@H]1[C@H]3c1c(O)cc(O)c2c1O[C@H](c1ccc(O)c(O)c1)[C@@H](O)C2)c1cc(O)c(O)c(O)c1. The molecule has 0 aliphatic carbocycles. The van der Waals surface area contributed by atoms with Crippen LogP contribution in [0.2, 0.25) is 0 Å². The molecule has 31 nitrogen and oxygen atoms in total. The molecule has 0 spiro atoms. The number of cyclic esters (lactones) is 3. The first-order valence-corrected chi connectivity index (χ1v) is 24.9. The number of fused-ring (bicyclic) bond motifs is 8. The molecule has 4 aliphatic heterocycles. The van der Waals surface area contributed by atoms with Crippen molar-refractivity contribution in [3.05, 3.63) is 105 Å². The minimum Gasteiger partial charge on any atom is -0.507 e. The van der Waals surface area contributed by atoms with E-state index in [1.807, 2.05) is 0 Å². The Morgan fingerprint density at radius 2 is 0.908 bits per heavy atom. The van der Waals surface area contributed by atoms with Crippen molar-refractivity contribution in [3.63, 3.8) is 0 Å². The van der Waals surface area contributed by atoms with Crippen molar-refractivity contribution in [2.45, 2.75) is 49.0 Å². The molecule has 4 heterocycles. The zero-order chi connectivity index (χ0) is 63.0. The van der Waals surface area contributed by atoms with Gasteiger partial charge in [0.1, 0.15) is 30.0 Å². The van der Waals surface area contributed by atoms with Crippen molar-refractivity contribution in [1.29, 1.82) is 0 Å². The van der Waals surface area contributed by atoms with Crippen molar-refractivity contribution in [2.24, 2.45) is 0 Å². The molecule has 450 valence electrons. The third-order valence-corrected chi connectivity index (χ3v) is 14.9. The average molecular weight is 1210 g/mol. The Balaban J connectivity index is 1.25. The molecule has 0 aromatic heterocycles. The highest BCUT2D eigenvalue weighted by molar-refractivity contribution is 6.11. The van der Waals surface area contributed by atoms with Gasteiger partial charge in [0.05, 0.1) is 39.8 Å². The number of hydrogen-bond donors (Lipinski definition) is 20. The summed E-state index contributed by atoms with van der Waals surface area (Å²) < 4.78 is 35.6. The average Bonchev–Trinajstić information content (AvgIpc) is 0.817. The lowest BCUT2D eigenvalue weighted by Crippen LogP contribution is -2.56. The topological polar surface area (TPSA) is 545 Å². The van der Waals surface area contributed by atoms with Crippen LogP contribution in [0, 0.1) is 0 Å². The summed E-state index contributed by atoms with van der Waals surface area (Å²) in [5, 5.41) is 222. The van der Waals surface area contributed by atoms with E-state index >= 15 is 14.4 Å². The molecule has 7 aromatic rings. The molecule has 4 aliphatic rings. The quantitative estimate of drug-likeness (QED) is 0.0668. The van der Waals surface area contributed by atoms with Crippen LogP contribution in [0.1, 0.15) is 86.1 Å². The molecule has 0 radical (unpaired) electrons. The van der Waals surface area contributed by atoms with Crippen molar-refractivity contribution in [1.82, 2.24) is 0 Å². The van der Waals surface area contributed by atoms with Gasteiger partial charge in [0.15, 0.2) is 99.2 Å². The Kier molecular flexibility index (Phi) is 13.1. The fourth-order valence-corrected chi connectivity index (χ4v) is 10.9. The number of aromatic hydroxyl groups is 19. The van der Waals surface area contributed by atoms with Gasteiger partial charge in [0, 0.05) is 51.4 Å². The van der Waals surface area contributed by atoms with E-state index in [0.717, 1.165) is 18.2 Å². The van der Waals surface area contributed by atoms with Gasteiger partial charge in [-0.3, -0.25) is 0 Å². The summed E-state index contributed by atoms with van der Waals surface area (Å²) in [5.41, 5.74) is -13.3. The highest BCUT2D eigenvalue weighted by Gasteiger charge is 2.57. The van der Waals surface area contributed by atoms with Crippen molar-refractivity contribution >= 4 is 29.8 Å². The van der Waals surface area contributed by atoms with E-state index in [1.165, 1.54) is 0 Å². The minimum atomic E-state index is -3.00. The van der Waals surface area contributed by atoms with Gasteiger partial charge in [-0.2, -0.15) is 0 Å². The maximum atomic E-state index is 15.3. The zero-order valence-electron chi connectivity index (χ0n) is 43.1. The molecular formula is C56H40O31. The van der Waals surface area contributed by atoms with E-state index in [4.69, 9.17) is 28.4 Å². The molecule has 7 atom stereocenters. The molecule has 0 saturated heterocycles. The van der Waals surface area contributed by atoms with E-state index in [9.17, 15) is 112 Å². The summed E-state index contributed by atoms with van der Waals surface area (Å²) in [6.07, 6.45) is -15.7. The number of ether oxygens (including phenoxy) is 6. The van der Waals surface area contributed by atoms with Crippen LogP contribution in [0.25, 0.3) is 22.3 Å². The lowest BCUT2D eigenvalue weighted by atomic mass is 9.73. The Morgan fingerprint density at radius 1 is 0.414 bits per heavy atom. The van der Waals surface area contributed by atoms with Gasteiger partial charge in [0.2, 0.25) is 23.0 Å². The first-order valence-electron chi connectivity index (χ1n) is 24.9. The van der Waals surface area contributed by atoms with Crippen molar-refractivity contribution < 1.29 is 155 Å². The molecule has 0 amide bonds. The van der Waals surface area contributed by atoms with E-state index < -0.39 is 267 Å².